The van der Waals surface area contributed by atoms with Crippen LogP contribution in [0.4, 0.5) is 4.39 Å². The van der Waals surface area contributed by atoms with E-state index < -0.39 is 14.4 Å². The van der Waals surface area contributed by atoms with E-state index in [1.54, 1.807) is 12.1 Å². The molecule has 0 aliphatic rings. The Hall–Kier alpha value is -7.02. The molecule has 0 aliphatic carbocycles. The number of furan rings is 1. The Morgan fingerprint density at radius 2 is 1.26 bits per heavy atom. The van der Waals surface area contributed by atoms with E-state index in [0.29, 0.717) is 5.82 Å². The molecule has 8 aromatic carbocycles. The van der Waals surface area contributed by atoms with Crippen LogP contribution >= 0.6 is 0 Å². The second kappa shape index (κ2) is 19.7. The average Bonchev–Trinajstić information content (AvgIpc) is 3.95. The molecule has 0 N–H and O–H groups in total. The van der Waals surface area contributed by atoms with Gasteiger partial charge in [0, 0.05) is 45.6 Å². The Kier molecular flexibility index (Phi) is 12.6. The number of rotatable bonds is 9. The van der Waals surface area contributed by atoms with Crippen LogP contribution in [0.2, 0.25) is 19.6 Å². The van der Waals surface area contributed by atoms with Crippen LogP contribution in [-0.4, -0.2) is 22.6 Å². The first-order valence-electron chi connectivity index (χ1n) is 23.7. The van der Waals surface area contributed by atoms with Crippen LogP contribution < -0.4 is 5.19 Å². The summed E-state index contributed by atoms with van der Waals surface area (Å²) in [6.45, 7) is 10.6. The third-order valence-corrected chi connectivity index (χ3v) is 13.9. The molecule has 3 aromatic heterocycles. The minimum absolute atomic E-state index is 0. The summed E-state index contributed by atoms with van der Waals surface area (Å²) in [6.07, 6.45) is 0.528. The van der Waals surface area contributed by atoms with Crippen molar-refractivity contribution < 1.29 is 31.7 Å². The third kappa shape index (κ3) is 9.43. The topological polar surface area (TPSA) is 43.9 Å². The number of fused-ring (bicyclic) bond motifs is 4. The van der Waals surface area contributed by atoms with E-state index in [1.807, 2.05) is 160 Å². The number of hydrogen-bond donors (Lipinski definition) is 0. The van der Waals surface area contributed by atoms with Crippen molar-refractivity contribution in [1.29, 1.82) is 0 Å². The predicted molar refractivity (Wildman–Crippen MR) is 279 cm³/mol. The van der Waals surface area contributed by atoms with E-state index in [0.717, 1.165) is 99.6 Å². The smallest absolute Gasteiger partial charge is 0.124 e. The molecule has 0 atom stereocenters. The molecule has 0 bridgehead atoms. The van der Waals surface area contributed by atoms with Gasteiger partial charge >= 0.3 is 0 Å². The van der Waals surface area contributed by atoms with E-state index >= 15 is 4.39 Å². The molecule has 0 spiro atoms. The Labute approximate surface area is 415 Å². The minimum atomic E-state index is -1.67. The largest absolute Gasteiger partial charge is 0.500 e. The Morgan fingerprint density at radius 3 is 1.90 bits per heavy atom. The number of imidazole rings is 1. The van der Waals surface area contributed by atoms with Crippen molar-refractivity contribution in [2.75, 3.05) is 0 Å². The summed E-state index contributed by atoms with van der Waals surface area (Å²) in [7, 11) is -1.67. The van der Waals surface area contributed by atoms with Gasteiger partial charge in [0.05, 0.1) is 36.2 Å². The third-order valence-electron chi connectivity index (χ3n) is 11.9. The molecule has 0 saturated heterocycles. The second-order valence-electron chi connectivity index (χ2n) is 18.1. The first-order chi connectivity index (χ1) is 33.3. The molecule has 0 saturated carbocycles. The maximum atomic E-state index is 15.6. The molecule has 7 heteroatoms. The summed E-state index contributed by atoms with van der Waals surface area (Å²) in [6, 6.07) is 68.2. The SMILES string of the molecule is Fc1cc(-c2ccccc2)c(-n2c(-c3[c-]cc4oc5ccc(-c6ccccc6)cc5c4c3)nc3ccccc32)c(-c2ccccc2)c1.[2H]C([2H])(c1cc(-c2[c-]cccc2)ncc1[Si](C)(C)C)C(C)C.[Ir]. The summed E-state index contributed by atoms with van der Waals surface area (Å²) in [5, 5.41) is 3.11. The molecule has 11 rings (SSSR count). The van der Waals surface area contributed by atoms with Gasteiger partial charge in [0.25, 0.3) is 0 Å². The Morgan fingerprint density at radius 1 is 0.647 bits per heavy atom. The van der Waals surface area contributed by atoms with Crippen LogP contribution in [-0.2, 0) is 26.5 Å². The van der Waals surface area contributed by atoms with Gasteiger partial charge in [-0.25, -0.2) is 4.39 Å². The zero-order valence-corrected chi connectivity index (χ0v) is 41.9. The summed E-state index contributed by atoms with van der Waals surface area (Å²) in [5.41, 5.74) is 13.1. The molecule has 0 aliphatic heterocycles. The van der Waals surface area contributed by atoms with Crippen molar-refractivity contribution in [3.8, 4) is 61.7 Å². The molecule has 3 heterocycles. The number of para-hydroxylation sites is 2. The van der Waals surface area contributed by atoms with Crippen molar-refractivity contribution in [3.05, 3.63) is 218 Å². The van der Waals surface area contributed by atoms with Crippen molar-refractivity contribution in [2.45, 2.75) is 39.9 Å². The molecular weight excluding hydrogens is 1030 g/mol. The van der Waals surface area contributed by atoms with Gasteiger partial charge in [0.1, 0.15) is 11.4 Å². The maximum absolute atomic E-state index is 15.6. The van der Waals surface area contributed by atoms with Crippen molar-refractivity contribution in [3.63, 3.8) is 0 Å². The zero-order valence-electron chi connectivity index (χ0n) is 40.5. The van der Waals surface area contributed by atoms with E-state index in [1.165, 1.54) is 0 Å². The van der Waals surface area contributed by atoms with Crippen LogP contribution in [0.1, 0.15) is 22.2 Å². The quantitative estimate of drug-likeness (QED) is 0.107. The second-order valence-corrected chi connectivity index (χ2v) is 23.1. The number of hydrogen-bond acceptors (Lipinski definition) is 3. The normalized spacial score (nSPS) is 12.1. The Bertz CT molecular complexity index is 3550. The van der Waals surface area contributed by atoms with E-state index in [2.05, 4.69) is 77.7 Å². The van der Waals surface area contributed by atoms with Gasteiger partial charge in [0.2, 0.25) is 0 Å². The van der Waals surface area contributed by atoms with E-state index in [4.69, 9.17) is 12.1 Å². The van der Waals surface area contributed by atoms with Gasteiger partial charge in [-0.1, -0.05) is 160 Å². The number of nitrogens with zero attached hydrogens (tertiary/aromatic N) is 3. The number of benzene rings is 8. The molecule has 4 nitrogen and oxygen atoms in total. The molecule has 0 fully saturated rings. The predicted octanol–water partition coefficient (Wildman–Crippen LogP) is 15.8. The molecule has 11 aromatic rings. The zero-order chi connectivity index (χ0) is 47.9. The van der Waals surface area contributed by atoms with Gasteiger partial charge in [-0.15, -0.1) is 59.7 Å². The fourth-order valence-corrected chi connectivity index (χ4v) is 10.2. The summed E-state index contributed by atoms with van der Waals surface area (Å²) >= 11 is 0. The summed E-state index contributed by atoms with van der Waals surface area (Å²) < 4.78 is 41.1. The molecule has 1 radical (unpaired) electrons. The van der Waals surface area contributed by atoms with Crippen LogP contribution in [0.25, 0.3) is 94.7 Å². The molecule has 337 valence electrons. The van der Waals surface area contributed by atoms with Gasteiger partial charge in [-0.3, -0.25) is 4.98 Å². The van der Waals surface area contributed by atoms with Crippen LogP contribution in [0, 0.1) is 23.9 Å². The standard InChI is InChI=1S/C43H26FN2O.C18H24NSi.Ir/c44-33-26-34(29-14-6-2-7-15-29)42(35(27-33)30-16-8-3-9-17-30)46-39-19-11-10-18-38(39)45-43(46)32-21-23-41-37(25-32)36-24-31(20-22-40(36)47-41)28-12-4-1-5-13-28;1-14(2)11-16-12-17(15-9-7-6-8-10-15)19-13-18(16)20(3,4)5;/h1-20,22-27H;6-9,12-14H,11H2,1-5H3;/q2*-1;/i;11D2;. The molecular formula is C61H50FIrN3OSi-2. The number of aromatic nitrogens is 3. The van der Waals surface area contributed by atoms with Gasteiger partial charge in [-0.2, -0.15) is 0 Å². The van der Waals surface area contributed by atoms with Crippen LogP contribution in [0.5, 0.6) is 0 Å². The van der Waals surface area contributed by atoms with Crippen LogP contribution in [0.15, 0.2) is 199 Å². The van der Waals surface area contributed by atoms with E-state index in [9.17, 15) is 0 Å². The number of pyridine rings is 1. The first kappa shape index (κ1) is 43.5. The molecule has 68 heavy (non-hydrogen) atoms. The average molecular weight is 1080 g/mol. The van der Waals surface area contributed by atoms with Gasteiger partial charge in [-0.05, 0) is 81.8 Å². The number of halogens is 1. The molecule has 0 amide bonds. The molecule has 0 unspecified atom stereocenters. The fourth-order valence-electron chi connectivity index (χ4n) is 8.79. The minimum Gasteiger partial charge on any atom is -0.500 e. The van der Waals surface area contributed by atoms with Crippen molar-refractivity contribution in [1.82, 2.24) is 14.5 Å². The summed E-state index contributed by atoms with van der Waals surface area (Å²) in [4.78, 5) is 9.78. The summed E-state index contributed by atoms with van der Waals surface area (Å²) in [5.74, 6) is 0.324. The van der Waals surface area contributed by atoms with Crippen LogP contribution in [0.3, 0.4) is 0 Å². The Balaban J connectivity index is 0.000000224. The van der Waals surface area contributed by atoms with Crippen molar-refractivity contribution in [2.24, 2.45) is 5.92 Å². The van der Waals surface area contributed by atoms with Crippen molar-refractivity contribution >= 4 is 46.2 Å². The monoisotopic (exact) mass is 1080 g/mol. The fraction of sp³-hybridized carbons (Fsp3) is 0.115. The first-order valence-corrected chi connectivity index (χ1v) is 26.2. The van der Waals surface area contributed by atoms with Gasteiger partial charge < -0.3 is 14.0 Å². The van der Waals surface area contributed by atoms with Gasteiger partial charge in [0.15, 0.2) is 0 Å². The maximum Gasteiger partial charge on any atom is 0.124 e. The van der Waals surface area contributed by atoms with E-state index in [-0.39, 0.29) is 31.8 Å².